The van der Waals surface area contributed by atoms with E-state index in [-0.39, 0.29) is 13.2 Å². The van der Waals surface area contributed by atoms with Crippen LogP contribution in [-0.2, 0) is 0 Å². The Morgan fingerprint density at radius 1 is 1.25 bits per heavy atom. The second-order valence-electron chi connectivity index (χ2n) is 4.06. The fraction of sp³-hybridized carbons (Fsp3) is 0.333. The SMILES string of the molecule is C[Si](C)(c1ccccc1)/[P+](=C/CO)[CH-]CO. The molecule has 0 aromatic heterocycles. The van der Waals surface area contributed by atoms with Crippen molar-refractivity contribution in [3.8, 4) is 0 Å². The molecular formula is C12H19O2PSi. The van der Waals surface area contributed by atoms with Crippen LogP contribution in [0.15, 0.2) is 30.3 Å². The third-order valence-electron chi connectivity index (χ3n) is 2.68. The van der Waals surface area contributed by atoms with Gasteiger partial charge in [-0.3, -0.25) is 0 Å². The summed E-state index contributed by atoms with van der Waals surface area (Å²) in [5.41, 5.74) is 0. The van der Waals surface area contributed by atoms with Gasteiger partial charge in [0, 0.05) is 0 Å². The van der Waals surface area contributed by atoms with Gasteiger partial charge in [0.2, 0.25) is 0 Å². The van der Waals surface area contributed by atoms with E-state index in [1.54, 1.807) is 0 Å². The van der Waals surface area contributed by atoms with Crippen molar-refractivity contribution < 1.29 is 10.2 Å². The lowest BCUT2D eigenvalue weighted by molar-refractivity contribution is 0.337. The maximum atomic E-state index is 9.05. The normalized spacial score (nSPS) is 12.9. The molecule has 1 rings (SSSR count). The second kappa shape index (κ2) is 6.31. The summed E-state index contributed by atoms with van der Waals surface area (Å²) in [4.78, 5) is 0. The highest BCUT2D eigenvalue weighted by Gasteiger charge is 2.34. The number of benzene rings is 1. The summed E-state index contributed by atoms with van der Waals surface area (Å²) in [6.45, 7) is 4.75. The van der Waals surface area contributed by atoms with E-state index in [9.17, 15) is 0 Å². The van der Waals surface area contributed by atoms with Gasteiger partial charge in [-0.1, -0.05) is 30.3 Å². The first-order valence-corrected chi connectivity index (χ1v) is 10.7. The Labute approximate surface area is 99.2 Å². The van der Waals surface area contributed by atoms with Crippen molar-refractivity contribution in [3.05, 3.63) is 36.5 Å². The lowest BCUT2D eigenvalue weighted by atomic mass is 10.4. The molecule has 4 heteroatoms. The Bertz CT molecular complexity index is 349. The Morgan fingerprint density at radius 2 is 1.88 bits per heavy atom. The monoisotopic (exact) mass is 254 g/mol. The molecule has 1 aromatic rings. The zero-order valence-electron chi connectivity index (χ0n) is 9.80. The zero-order chi connectivity index (χ0) is 12.0. The number of hydrogen-bond donors (Lipinski definition) is 2. The van der Waals surface area contributed by atoms with Crippen LogP contribution < -0.4 is 5.19 Å². The molecule has 88 valence electrons. The molecule has 0 aliphatic carbocycles. The molecule has 0 spiro atoms. The molecule has 0 radical (unpaired) electrons. The van der Waals surface area contributed by atoms with Crippen LogP contribution >= 0.6 is 7.09 Å². The molecule has 2 nitrogen and oxygen atoms in total. The van der Waals surface area contributed by atoms with Gasteiger partial charge in [-0.2, -0.15) is 0 Å². The van der Waals surface area contributed by atoms with Crippen LogP contribution in [0.1, 0.15) is 0 Å². The van der Waals surface area contributed by atoms with Crippen LogP contribution in [-0.4, -0.2) is 37.0 Å². The molecule has 0 fully saturated rings. The molecule has 0 amide bonds. The van der Waals surface area contributed by atoms with E-state index >= 15 is 0 Å². The summed E-state index contributed by atoms with van der Waals surface area (Å²) in [6, 6.07) is 10.4. The summed E-state index contributed by atoms with van der Waals surface area (Å²) in [7, 11) is -2.11. The fourth-order valence-corrected chi connectivity index (χ4v) is 8.99. The van der Waals surface area contributed by atoms with E-state index in [2.05, 4.69) is 37.4 Å². The van der Waals surface area contributed by atoms with Crippen LogP contribution in [0.25, 0.3) is 0 Å². The molecule has 1 aromatic carbocycles. The first-order chi connectivity index (χ1) is 7.62. The molecule has 0 saturated heterocycles. The number of hydrogen-bond acceptors (Lipinski definition) is 2. The topological polar surface area (TPSA) is 40.5 Å². The summed E-state index contributed by atoms with van der Waals surface area (Å²) in [6.07, 6.45) is 1.95. The smallest absolute Gasteiger partial charge is 0.279 e. The van der Waals surface area contributed by atoms with Crippen molar-refractivity contribution in [2.45, 2.75) is 13.1 Å². The molecule has 0 aliphatic heterocycles. The molecule has 0 saturated carbocycles. The molecule has 0 bridgehead atoms. The fourth-order valence-electron chi connectivity index (χ4n) is 1.70. The minimum atomic E-state index is -1.62. The largest absolute Gasteiger partial charge is 0.425 e. The van der Waals surface area contributed by atoms with Gasteiger partial charge in [0.1, 0.15) is 0 Å². The first kappa shape index (κ1) is 13.6. The van der Waals surface area contributed by atoms with Gasteiger partial charge in [-0.15, -0.1) is 13.3 Å². The van der Waals surface area contributed by atoms with Gasteiger partial charge < -0.3 is 10.2 Å². The van der Waals surface area contributed by atoms with Crippen molar-refractivity contribution in [1.82, 2.24) is 0 Å². The third kappa shape index (κ3) is 3.26. The van der Waals surface area contributed by atoms with Crippen LogP contribution in [0.2, 0.25) is 13.1 Å². The van der Waals surface area contributed by atoms with Gasteiger partial charge in [-0.05, 0) is 24.9 Å². The van der Waals surface area contributed by atoms with E-state index in [0.29, 0.717) is 0 Å². The Morgan fingerprint density at radius 3 is 2.38 bits per heavy atom. The van der Waals surface area contributed by atoms with Crippen molar-refractivity contribution in [3.63, 3.8) is 0 Å². The average molecular weight is 254 g/mol. The van der Waals surface area contributed by atoms with E-state index in [4.69, 9.17) is 10.2 Å². The summed E-state index contributed by atoms with van der Waals surface area (Å²) in [5, 5.41) is 19.5. The Kier molecular flexibility index (Phi) is 5.36. The van der Waals surface area contributed by atoms with E-state index in [1.807, 2.05) is 18.0 Å². The van der Waals surface area contributed by atoms with Crippen LogP contribution in [0.5, 0.6) is 0 Å². The second-order valence-corrected chi connectivity index (χ2v) is 14.2. The maximum Gasteiger partial charge on any atom is 0.279 e. The lowest BCUT2D eigenvalue weighted by Gasteiger charge is -2.21. The Hall–Kier alpha value is -0.473. The van der Waals surface area contributed by atoms with Gasteiger partial charge in [0.15, 0.2) is 0 Å². The van der Waals surface area contributed by atoms with E-state index in [1.165, 1.54) is 5.19 Å². The summed E-state index contributed by atoms with van der Waals surface area (Å²) in [5.74, 6) is 1.95. The van der Waals surface area contributed by atoms with Gasteiger partial charge in [0.25, 0.3) is 7.74 Å². The highest BCUT2D eigenvalue weighted by atomic mass is 31.4. The minimum Gasteiger partial charge on any atom is -0.425 e. The first-order valence-electron chi connectivity index (χ1n) is 5.35. The highest BCUT2D eigenvalue weighted by molar-refractivity contribution is 7.97. The zero-order valence-corrected chi connectivity index (χ0v) is 11.7. The van der Waals surface area contributed by atoms with Crippen molar-refractivity contribution in [2.75, 3.05) is 13.2 Å². The standard InChI is InChI=1S/C12H19O2PSi/c1-16(2,12-6-4-3-5-7-12)15(10-8-13)11-9-14/h3-7,10-11,13-14H,8-9H2,1-2H3. The van der Waals surface area contributed by atoms with E-state index < -0.39 is 14.8 Å². The van der Waals surface area contributed by atoms with Crippen LogP contribution in [0.3, 0.4) is 0 Å². The maximum absolute atomic E-state index is 9.05. The predicted octanol–water partition coefficient (Wildman–Crippen LogP) is 1.53. The quantitative estimate of drug-likeness (QED) is 0.475. The minimum absolute atomic E-state index is 0.0888. The molecule has 0 heterocycles. The van der Waals surface area contributed by atoms with Gasteiger partial charge in [-0.25, -0.2) is 0 Å². The van der Waals surface area contributed by atoms with Crippen molar-refractivity contribution in [2.24, 2.45) is 0 Å². The Balaban J connectivity index is 3.03. The lowest BCUT2D eigenvalue weighted by Crippen LogP contribution is -2.38. The highest BCUT2D eigenvalue weighted by Crippen LogP contribution is 2.38. The third-order valence-corrected chi connectivity index (χ3v) is 12.6. The molecule has 1 atom stereocenters. The number of aliphatic hydroxyl groups excluding tert-OH is 2. The van der Waals surface area contributed by atoms with Crippen LogP contribution in [0, 0.1) is 6.16 Å². The average Bonchev–Trinajstić information content (AvgIpc) is 2.30. The molecule has 16 heavy (non-hydrogen) atoms. The summed E-state index contributed by atoms with van der Waals surface area (Å²) >= 11 is 0. The predicted molar refractivity (Wildman–Crippen MR) is 75.0 cm³/mol. The molecule has 2 N–H and O–H groups in total. The molecular weight excluding hydrogens is 235 g/mol. The van der Waals surface area contributed by atoms with Gasteiger partial charge in [0.05, 0.1) is 12.4 Å². The van der Waals surface area contributed by atoms with Gasteiger partial charge >= 0.3 is 0 Å². The van der Waals surface area contributed by atoms with Crippen LogP contribution in [0.4, 0.5) is 0 Å². The molecule has 0 aliphatic rings. The number of aliphatic hydroxyl groups is 2. The molecule has 1 unspecified atom stereocenters. The van der Waals surface area contributed by atoms with Crippen molar-refractivity contribution >= 4 is 25.8 Å². The van der Waals surface area contributed by atoms with Crippen molar-refractivity contribution in [1.29, 1.82) is 0 Å². The van der Waals surface area contributed by atoms with E-state index in [0.717, 1.165) is 0 Å². The number of rotatable bonds is 5. The summed E-state index contributed by atoms with van der Waals surface area (Å²) < 4.78 is 0.